The zero-order valence-corrected chi connectivity index (χ0v) is 8.79. The van der Waals surface area contributed by atoms with Crippen LogP contribution in [0.3, 0.4) is 0 Å². The predicted molar refractivity (Wildman–Crippen MR) is 55.9 cm³/mol. The second-order valence-electron chi connectivity index (χ2n) is 2.31. The maximum absolute atomic E-state index is 5.57. The quantitative estimate of drug-likeness (QED) is 0.764. The average Bonchev–Trinajstić information content (AvgIpc) is 2.06. The predicted octanol–water partition coefficient (Wildman–Crippen LogP) is 2.40. The third-order valence-electron chi connectivity index (χ3n) is 1.24. The molecule has 3 heteroatoms. The van der Waals surface area contributed by atoms with E-state index in [1.807, 2.05) is 33.8 Å². The van der Waals surface area contributed by atoms with Crippen molar-refractivity contribution in [3.05, 3.63) is 17.8 Å². The lowest BCUT2D eigenvalue weighted by Gasteiger charge is -2.03. The van der Waals surface area contributed by atoms with E-state index in [-0.39, 0.29) is 0 Å². The summed E-state index contributed by atoms with van der Waals surface area (Å²) in [5.41, 5.74) is 7.15. The topological polar surface area (TPSA) is 48.1 Å². The molecule has 1 aromatic heterocycles. The van der Waals surface area contributed by atoms with E-state index < -0.39 is 0 Å². The van der Waals surface area contributed by atoms with E-state index in [0.717, 1.165) is 5.69 Å². The van der Waals surface area contributed by atoms with Gasteiger partial charge in [-0.05, 0) is 19.9 Å². The molecule has 0 bridgehead atoms. The number of pyridine rings is 1. The normalized spacial score (nSPS) is 8.62. The maximum atomic E-state index is 5.57. The van der Waals surface area contributed by atoms with Gasteiger partial charge >= 0.3 is 0 Å². The summed E-state index contributed by atoms with van der Waals surface area (Å²) in [5.74, 6) is 0.602. The van der Waals surface area contributed by atoms with Crippen LogP contribution < -0.4 is 10.5 Å². The Labute approximate surface area is 79.9 Å². The zero-order valence-electron chi connectivity index (χ0n) is 8.79. The SMILES string of the molecule is CC.CCOc1cc(N)cc(C)n1. The molecule has 0 aromatic carbocycles. The third-order valence-corrected chi connectivity index (χ3v) is 1.24. The number of rotatable bonds is 2. The lowest BCUT2D eigenvalue weighted by molar-refractivity contribution is 0.326. The van der Waals surface area contributed by atoms with E-state index in [1.54, 1.807) is 6.07 Å². The first-order chi connectivity index (χ1) is 6.22. The lowest BCUT2D eigenvalue weighted by Crippen LogP contribution is -1.97. The molecule has 0 amide bonds. The number of aryl methyl sites for hydroxylation is 1. The standard InChI is InChI=1S/C8H12N2O.C2H6/c1-3-11-8-5-7(9)4-6(2)10-8;1-2/h4-5H,3H2,1-2H3,(H2,9,10);1-2H3. The van der Waals surface area contributed by atoms with Crippen molar-refractivity contribution < 1.29 is 4.74 Å². The Kier molecular flexibility index (Phi) is 5.68. The first-order valence-corrected chi connectivity index (χ1v) is 4.59. The third kappa shape index (κ3) is 4.35. The number of nitrogen functional groups attached to an aromatic ring is 1. The monoisotopic (exact) mass is 182 g/mol. The van der Waals surface area contributed by atoms with Crippen molar-refractivity contribution in [1.29, 1.82) is 0 Å². The van der Waals surface area contributed by atoms with Crippen LogP contribution >= 0.6 is 0 Å². The number of aromatic nitrogens is 1. The van der Waals surface area contributed by atoms with Crippen LogP contribution in [0.25, 0.3) is 0 Å². The molecule has 74 valence electrons. The van der Waals surface area contributed by atoms with Crippen molar-refractivity contribution in [2.45, 2.75) is 27.7 Å². The molecule has 0 radical (unpaired) electrons. The molecule has 1 rings (SSSR count). The molecule has 0 saturated heterocycles. The van der Waals surface area contributed by atoms with Crippen molar-refractivity contribution in [3.63, 3.8) is 0 Å². The van der Waals surface area contributed by atoms with E-state index in [9.17, 15) is 0 Å². The van der Waals surface area contributed by atoms with E-state index in [0.29, 0.717) is 18.2 Å². The van der Waals surface area contributed by atoms with Crippen LogP contribution in [0.1, 0.15) is 26.5 Å². The highest BCUT2D eigenvalue weighted by atomic mass is 16.5. The van der Waals surface area contributed by atoms with Gasteiger partial charge in [-0.15, -0.1) is 0 Å². The number of nitrogens with two attached hydrogens (primary N) is 1. The van der Waals surface area contributed by atoms with Crippen LogP contribution in [0.2, 0.25) is 0 Å². The van der Waals surface area contributed by atoms with Crippen molar-refractivity contribution >= 4 is 5.69 Å². The number of hydrogen-bond donors (Lipinski definition) is 1. The van der Waals surface area contributed by atoms with Crippen LogP contribution in [-0.2, 0) is 0 Å². The highest BCUT2D eigenvalue weighted by molar-refractivity contribution is 5.42. The second-order valence-corrected chi connectivity index (χ2v) is 2.31. The Bertz CT molecular complexity index is 228. The Morgan fingerprint density at radius 2 is 2.00 bits per heavy atom. The number of ether oxygens (including phenoxy) is 1. The van der Waals surface area contributed by atoms with E-state index in [1.165, 1.54) is 0 Å². The Morgan fingerprint density at radius 1 is 1.38 bits per heavy atom. The van der Waals surface area contributed by atoms with Crippen molar-refractivity contribution in [1.82, 2.24) is 4.98 Å². The maximum Gasteiger partial charge on any atom is 0.215 e. The molecule has 0 spiro atoms. The summed E-state index contributed by atoms with van der Waals surface area (Å²) in [5, 5.41) is 0. The van der Waals surface area contributed by atoms with Crippen LogP contribution in [0.15, 0.2) is 12.1 Å². The molecule has 3 nitrogen and oxygen atoms in total. The van der Waals surface area contributed by atoms with Gasteiger partial charge in [0, 0.05) is 17.4 Å². The minimum Gasteiger partial charge on any atom is -0.478 e. The smallest absolute Gasteiger partial charge is 0.215 e. The van der Waals surface area contributed by atoms with Gasteiger partial charge < -0.3 is 10.5 Å². The molecule has 0 fully saturated rings. The molecular formula is C10H18N2O. The van der Waals surface area contributed by atoms with Crippen LogP contribution in [0.4, 0.5) is 5.69 Å². The molecule has 2 N–H and O–H groups in total. The molecule has 0 aliphatic rings. The number of hydrogen-bond acceptors (Lipinski definition) is 3. The van der Waals surface area contributed by atoms with Gasteiger partial charge in [0.1, 0.15) is 0 Å². The Balaban J connectivity index is 0.000000671. The molecule has 1 heterocycles. The van der Waals surface area contributed by atoms with Gasteiger partial charge in [0.25, 0.3) is 0 Å². The Morgan fingerprint density at radius 3 is 2.46 bits per heavy atom. The summed E-state index contributed by atoms with van der Waals surface area (Å²) >= 11 is 0. The van der Waals surface area contributed by atoms with E-state index >= 15 is 0 Å². The van der Waals surface area contributed by atoms with Gasteiger partial charge in [-0.1, -0.05) is 13.8 Å². The number of anilines is 1. The fourth-order valence-electron chi connectivity index (χ4n) is 0.886. The van der Waals surface area contributed by atoms with Gasteiger partial charge in [0.15, 0.2) is 0 Å². The average molecular weight is 182 g/mol. The summed E-state index contributed by atoms with van der Waals surface area (Å²) in [6.45, 7) is 8.43. The largest absolute Gasteiger partial charge is 0.478 e. The molecule has 1 aromatic rings. The number of nitrogens with zero attached hydrogens (tertiary/aromatic N) is 1. The van der Waals surface area contributed by atoms with E-state index in [2.05, 4.69) is 4.98 Å². The second kappa shape index (κ2) is 6.29. The first kappa shape index (κ1) is 11.8. The highest BCUT2D eigenvalue weighted by Crippen LogP contribution is 2.13. The van der Waals surface area contributed by atoms with Crippen molar-refractivity contribution in [2.75, 3.05) is 12.3 Å². The minimum atomic E-state index is 0.602. The lowest BCUT2D eigenvalue weighted by atomic mass is 10.3. The van der Waals surface area contributed by atoms with Gasteiger partial charge in [-0.2, -0.15) is 0 Å². The first-order valence-electron chi connectivity index (χ1n) is 4.59. The zero-order chi connectivity index (χ0) is 10.3. The summed E-state index contributed by atoms with van der Waals surface area (Å²) in [7, 11) is 0. The fraction of sp³-hybridized carbons (Fsp3) is 0.500. The van der Waals surface area contributed by atoms with Crippen molar-refractivity contribution in [2.24, 2.45) is 0 Å². The summed E-state index contributed by atoms with van der Waals surface area (Å²) in [6, 6.07) is 3.53. The van der Waals surface area contributed by atoms with Crippen LogP contribution in [-0.4, -0.2) is 11.6 Å². The summed E-state index contributed by atoms with van der Waals surface area (Å²) in [6.07, 6.45) is 0. The van der Waals surface area contributed by atoms with Gasteiger partial charge in [-0.25, -0.2) is 4.98 Å². The Hall–Kier alpha value is -1.25. The summed E-state index contributed by atoms with van der Waals surface area (Å²) < 4.78 is 5.18. The van der Waals surface area contributed by atoms with Crippen LogP contribution in [0.5, 0.6) is 5.88 Å². The summed E-state index contributed by atoms with van der Waals surface area (Å²) in [4.78, 5) is 4.12. The molecule has 13 heavy (non-hydrogen) atoms. The van der Waals surface area contributed by atoms with Gasteiger partial charge in [-0.3, -0.25) is 0 Å². The van der Waals surface area contributed by atoms with Crippen LogP contribution in [0, 0.1) is 6.92 Å². The van der Waals surface area contributed by atoms with Gasteiger partial charge in [0.2, 0.25) is 5.88 Å². The molecule has 0 unspecified atom stereocenters. The van der Waals surface area contributed by atoms with Gasteiger partial charge in [0.05, 0.1) is 6.61 Å². The van der Waals surface area contributed by atoms with Crippen molar-refractivity contribution in [3.8, 4) is 5.88 Å². The molecule has 0 aliphatic heterocycles. The molecule has 0 atom stereocenters. The molecule has 0 aliphatic carbocycles. The minimum absolute atomic E-state index is 0.602. The molecule has 0 saturated carbocycles. The van der Waals surface area contributed by atoms with E-state index in [4.69, 9.17) is 10.5 Å². The molecular weight excluding hydrogens is 164 g/mol. The highest BCUT2D eigenvalue weighted by Gasteiger charge is 1.96. The fourth-order valence-corrected chi connectivity index (χ4v) is 0.886.